The molecule has 0 aliphatic carbocycles. The van der Waals surface area contributed by atoms with E-state index in [9.17, 15) is 13.2 Å². The third-order valence-corrected chi connectivity index (χ3v) is 4.29. The van der Waals surface area contributed by atoms with Crippen LogP contribution in [0.4, 0.5) is 13.2 Å². The molecule has 0 aromatic heterocycles. The summed E-state index contributed by atoms with van der Waals surface area (Å²) >= 11 is 3.13. The molecule has 1 saturated heterocycles. The highest BCUT2D eigenvalue weighted by Crippen LogP contribution is 2.31. The highest BCUT2D eigenvalue weighted by atomic mass is 79.9. The van der Waals surface area contributed by atoms with E-state index in [2.05, 4.69) is 25.6 Å². The fraction of sp³-hybridized carbons (Fsp3) is 0.571. The Morgan fingerprint density at radius 1 is 1.29 bits per heavy atom. The number of benzene rings is 1. The Labute approximate surface area is 130 Å². The predicted molar refractivity (Wildman–Crippen MR) is 77.9 cm³/mol. The lowest BCUT2D eigenvalue weighted by Gasteiger charge is -2.31. The lowest BCUT2D eigenvalue weighted by molar-refractivity contribution is -0.274. The summed E-state index contributed by atoms with van der Waals surface area (Å²) in [7, 11) is 0. The van der Waals surface area contributed by atoms with Crippen LogP contribution in [0, 0.1) is 5.92 Å². The van der Waals surface area contributed by atoms with Gasteiger partial charge in [-0.3, -0.25) is 4.90 Å². The van der Waals surface area contributed by atoms with Crippen LogP contribution < -0.4 is 10.5 Å². The highest BCUT2D eigenvalue weighted by molar-refractivity contribution is 9.10. The van der Waals surface area contributed by atoms with Gasteiger partial charge in [0, 0.05) is 6.54 Å². The summed E-state index contributed by atoms with van der Waals surface area (Å²) < 4.78 is 40.9. The first-order chi connectivity index (χ1) is 9.87. The quantitative estimate of drug-likeness (QED) is 0.885. The van der Waals surface area contributed by atoms with Crippen LogP contribution in [0.5, 0.6) is 5.75 Å². The number of piperidine rings is 1. The number of rotatable bonds is 4. The van der Waals surface area contributed by atoms with Crippen LogP contribution in [0.15, 0.2) is 22.7 Å². The summed E-state index contributed by atoms with van der Waals surface area (Å²) in [4.78, 5) is 2.29. The van der Waals surface area contributed by atoms with Crippen LogP contribution in [-0.2, 0) is 6.54 Å². The molecule has 0 atom stereocenters. The number of nitrogens with two attached hydrogens (primary N) is 1. The van der Waals surface area contributed by atoms with E-state index in [-0.39, 0.29) is 5.75 Å². The minimum absolute atomic E-state index is 0.215. The normalized spacial score (nSPS) is 18.0. The fourth-order valence-corrected chi connectivity index (χ4v) is 3.00. The van der Waals surface area contributed by atoms with Crippen molar-refractivity contribution in [3.05, 3.63) is 28.2 Å². The predicted octanol–water partition coefficient (Wildman–Crippen LogP) is 3.52. The number of nitrogens with zero attached hydrogens (tertiary/aromatic N) is 1. The molecular formula is C14H18BrF3N2O. The Hall–Kier alpha value is -0.790. The fourth-order valence-electron chi connectivity index (χ4n) is 2.49. The zero-order valence-electron chi connectivity index (χ0n) is 11.5. The zero-order valence-corrected chi connectivity index (χ0v) is 13.1. The van der Waals surface area contributed by atoms with Crippen molar-refractivity contribution in [3.8, 4) is 5.75 Å². The van der Waals surface area contributed by atoms with Gasteiger partial charge in [-0.2, -0.15) is 0 Å². The molecular weight excluding hydrogens is 349 g/mol. The van der Waals surface area contributed by atoms with Crippen molar-refractivity contribution < 1.29 is 17.9 Å². The van der Waals surface area contributed by atoms with E-state index in [1.165, 1.54) is 6.07 Å². The van der Waals surface area contributed by atoms with Crippen LogP contribution in [0.25, 0.3) is 0 Å². The first kappa shape index (κ1) is 16.6. The van der Waals surface area contributed by atoms with Crippen LogP contribution in [0.1, 0.15) is 18.4 Å². The second-order valence-corrected chi connectivity index (χ2v) is 6.12. The first-order valence-electron chi connectivity index (χ1n) is 6.84. The van der Waals surface area contributed by atoms with E-state index < -0.39 is 6.36 Å². The molecule has 1 fully saturated rings. The third-order valence-electron chi connectivity index (χ3n) is 3.67. The van der Waals surface area contributed by atoms with Crippen molar-refractivity contribution in [1.29, 1.82) is 0 Å². The van der Waals surface area contributed by atoms with Gasteiger partial charge < -0.3 is 10.5 Å². The molecule has 0 unspecified atom stereocenters. The molecule has 0 radical (unpaired) electrons. The monoisotopic (exact) mass is 366 g/mol. The van der Waals surface area contributed by atoms with Crippen molar-refractivity contribution in [3.63, 3.8) is 0 Å². The van der Waals surface area contributed by atoms with Gasteiger partial charge in [0.1, 0.15) is 5.75 Å². The van der Waals surface area contributed by atoms with E-state index in [0.29, 0.717) is 10.4 Å². The molecule has 7 heteroatoms. The number of ether oxygens (including phenoxy) is 1. The second-order valence-electron chi connectivity index (χ2n) is 5.27. The van der Waals surface area contributed by atoms with Crippen LogP contribution in [-0.4, -0.2) is 30.9 Å². The SMILES string of the molecule is NCC1CCN(Cc2ccc(OC(F)(F)F)c(Br)c2)CC1. The minimum Gasteiger partial charge on any atom is -0.405 e. The molecule has 0 saturated carbocycles. The molecule has 2 rings (SSSR count). The molecule has 118 valence electrons. The molecule has 1 aromatic rings. The lowest BCUT2D eigenvalue weighted by Crippen LogP contribution is -2.35. The molecule has 2 N–H and O–H groups in total. The third kappa shape index (κ3) is 5.16. The standard InChI is InChI=1S/C14H18BrF3N2O/c15-12-7-11(1-2-13(12)21-14(16,17)18)9-20-5-3-10(8-19)4-6-20/h1-2,7,10H,3-6,8-9,19H2. The maximum atomic E-state index is 12.2. The van der Waals surface area contributed by atoms with Crippen molar-refractivity contribution in [2.24, 2.45) is 11.7 Å². The maximum absolute atomic E-state index is 12.2. The molecule has 21 heavy (non-hydrogen) atoms. The van der Waals surface area contributed by atoms with Gasteiger partial charge in [-0.25, -0.2) is 0 Å². The van der Waals surface area contributed by atoms with Gasteiger partial charge in [-0.05, 0) is 72.0 Å². The van der Waals surface area contributed by atoms with Crippen molar-refractivity contribution in [2.75, 3.05) is 19.6 Å². The van der Waals surface area contributed by atoms with E-state index in [1.807, 2.05) is 0 Å². The van der Waals surface area contributed by atoms with E-state index >= 15 is 0 Å². The van der Waals surface area contributed by atoms with Gasteiger partial charge in [-0.15, -0.1) is 13.2 Å². The summed E-state index contributed by atoms with van der Waals surface area (Å²) in [5.74, 6) is 0.378. The average Bonchev–Trinajstić information content (AvgIpc) is 2.41. The van der Waals surface area contributed by atoms with Gasteiger partial charge >= 0.3 is 6.36 Å². The summed E-state index contributed by atoms with van der Waals surface area (Å²) in [5.41, 5.74) is 6.62. The Morgan fingerprint density at radius 2 is 1.95 bits per heavy atom. The highest BCUT2D eigenvalue weighted by Gasteiger charge is 2.32. The van der Waals surface area contributed by atoms with Crippen molar-refractivity contribution in [1.82, 2.24) is 4.90 Å². The van der Waals surface area contributed by atoms with E-state index in [1.54, 1.807) is 12.1 Å². The minimum atomic E-state index is -4.67. The van der Waals surface area contributed by atoms with Gasteiger partial charge in [0.2, 0.25) is 0 Å². The van der Waals surface area contributed by atoms with Gasteiger partial charge in [0.15, 0.2) is 0 Å². The van der Waals surface area contributed by atoms with Crippen LogP contribution >= 0.6 is 15.9 Å². The molecule has 0 amide bonds. The largest absolute Gasteiger partial charge is 0.573 e. The van der Waals surface area contributed by atoms with E-state index in [4.69, 9.17) is 5.73 Å². The smallest absolute Gasteiger partial charge is 0.405 e. The summed E-state index contributed by atoms with van der Waals surface area (Å²) in [6.07, 6.45) is -2.52. The Kier molecular flexibility index (Phi) is 5.51. The molecule has 1 aromatic carbocycles. The molecule has 0 bridgehead atoms. The summed E-state index contributed by atoms with van der Waals surface area (Å²) in [6, 6.07) is 4.69. The number of halogens is 4. The van der Waals surface area contributed by atoms with Crippen molar-refractivity contribution in [2.45, 2.75) is 25.7 Å². The van der Waals surface area contributed by atoms with Crippen LogP contribution in [0.2, 0.25) is 0 Å². The number of hydrogen-bond acceptors (Lipinski definition) is 3. The molecule has 3 nitrogen and oxygen atoms in total. The Bertz CT molecular complexity index is 474. The lowest BCUT2D eigenvalue weighted by atomic mass is 9.97. The molecule has 1 heterocycles. The zero-order chi connectivity index (χ0) is 15.5. The second kappa shape index (κ2) is 6.98. The number of alkyl halides is 3. The Balaban J connectivity index is 1.94. The van der Waals surface area contributed by atoms with Crippen molar-refractivity contribution >= 4 is 15.9 Å². The number of likely N-dealkylation sites (tertiary alicyclic amines) is 1. The molecule has 0 spiro atoms. The summed E-state index contributed by atoms with van der Waals surface area (Å²) in [5, 5.41) is 0. The van der Waals surface area contributed by atoms with Crippen LogP contribution in [0.3, 0.4) is 0 Å². The first-order valence-corrected chi connectivity index (χ1v) is 7.63. The van der Waals surface area contributed by atoms with Gasteiger partial charge in [0.05, 0.1) is 4.47 Å². The summed E-state index contributed by atoms with van der Waals surface area (Å²) in [6.45, 7) is 3.39. The van der Waals surface area contributed by atoms with Gasteiger partial charge in [-0.1, -0.05) is 6.07 Å². The maximum Gasteiger partial charge on any atom is 0.573 e. The number of hydrogen-bond donors (Lipinski definition) is 1. The molecule has 1 aliphatic rings. The molecule has 1 aliphatic heterocycles. The topological polar surface area (TPSA) is 38.5 Å². The van der Waals surface area contributed by atoms with E-state index in [0.717, 1.165) is 44.6 Å². The van der Waals surface area contributed by atoms with Gasteiger partial charge in [0.25, 0.3) is 0 Å². The average molecular weight is 367 g/mol. The Morgan fingerprint density at radius 3 is 2.48 bits per heavy atom.